The van der Waals surface area contributed by atoms with Crippen molar-refractivity contribution in [2.45, 2.75) is 6.54 Å². The Morgan fingerprint density at radius 2 is 2.47 bits per heavy atom. The van der Waals surface area contributed by atoms with Crippen molar-refractivity contribution in [3.8, 4) is 0 Å². The minimum absolute atomic E-state index is 0.0895. The van der Waals surface area contributed by atoms with Crippen LogP contribution >= 0.6 is 27.3 Å². The van der Waals surface area contributed by atoms with Crippen molar-refractivity contribution in [2.24, 2.45) is 0 Å². The van der Waals surface area contributed by atoms with E-state index >= 15 is 0 Å². The van der Waals surface area contributed by atoms with Crippen LogP contribution in [0, 0.1) is 0 Å². The van der Waals surface area contributed by atoms with Crippen LogP contribution in [0.15, 0.2) is 38.0 Å². The highest BCUT2D eigenvalue weighted by Gasteiger charge is 2.07. The number of carbonyl (C=O) groups excluding carboxylic acids is 1. The van der Waals surface area contributed by atoms with Gasteiger partial charge in [0.15, 0.2) is 0 Å². The second-order valence-electron chi connectivity index (χ2n) is 2.90. The molecule has 0 aliphatic rings. The molecule has 0 unspecified atom stereocenters. The zero-order valence-electron chi connectivity index (χ0n) is 7.70. The van der Waals surface area contributed by atoms with Gasteiger partial charge in [-0.1, -0.05) is 0 Å². The van der Waals surface area contributed by atoms with E-state index in [9.17, 15) is 4.79 Å². The number of rotatable bonds is 3. The van der Waals surface area contributed by atoms with Gasteiger partial charge >= 0.3 is 0 Å². The Kier molecular flexibility index (Phi) is 3.23. The fourth-order valence-corrected chi connectivity index (χ4v) is 2.25. The van der Waals surface area contributed by atoms with E-state index < -0.39 is 0 Å². The van der Waals surface area contributed by atoms with Crippen molar-refractivity contribution in [3.63, 3.8) is 0 Å². The van der Waals surface area contributed by atoms with Crippen LogP contribution in [0.1, 0.15) is 16.1 Å². The Hall–Kier alpha value is -1.07. The SMILES string of the molecule is O=C(NCc1ccco1)c1csc(Br)c1. The van der Waals surface area contributed by atoms with Crippen molar-refractivity contribution < 1.29 is 9.21 Å². The van der Waals surface area contributed by atoms with E-state index in [2.05, 4.69) is 21.2 Å². The monoisotopic (exact) mass is 285 g/mol. The zero-order chi connectivity index (χ0) is 10.7. The highest BCUT2D eigenvalue weighted by molar-refractivity contribution is 9.11. The molecule has 0 fully saturated rings. The predicted molar refractivity (Wildman–Crippen MR) is 61.9 cm³/mol. The first-order valence-corrected chi connectivity index (χ1v) is 5.97. The number of furan rings is 1. The summed E-state index contributed by atoms with van der Waals surface area (Å²) in [6.45, 7) is 0.416. The lowest BCUT2D eigenvalue weighted by molar-refractivity contribution is 0.0948. The number of carbonyl (C=O) groups is 1. The zero-order valence-corrected chi connectivity index (χ0v) is 10.1. The summed E-state index contributed by atoms with van der Waals surface area (Å²) in [6, 6.07) is 5.41. The third-order valence-corrected chi connectivity index (χ3v) is 3.34. The normalized spacial score (nSPS) is 10.2. The van der Waals surface area contributed by atoms with Crippen LogP contribution in [0.2, 0.25) is 0 Å². The minimum atomic E-state index is -0.0895. The van der Waals surface area contributed by atoms with Gasteiger partial charge in [-0.15, -0.1) is 11.3 Å². The molecule has 0 atom stereocenters. The van der Waals surface area contributed by atoms with E-state index in [1.807, 2.05) is 11.4 Å². The topological polar surface area (TPSA) is 42.2 Å². The molecule has 2 rings (SSSR count). The number of nitrogens with one attached hydrogen (secondary N) is 1. The molecule has 0 aliphatic heterocycles. The molecule has 1 amide bonds. The van der Waals surface area contributed by atoms with Crippen LogP contribution in [0.3, 0.4) is 0 Å². The van der Waals surface area contributed by atoms with Gasteiger partial charge in [-0.3, -0.25) is 4.79 Å². The van der Waals surface area contributed by atoms with Crippen molar-refractivity contribution in [2.75, 3.05) is 0 Å². The summed E-state index contributed by atoms with van der Waals surface area (Å²) >= 11 is 4.80. The summed E-state index contributed by atoms with van der Waals surface area (Å²) in [4.78, 5) is 11.6. The van der Waals surface area contributed by atoms with E-state index in [0.29, 0.717) is 12.1 Å². The molecule has 2 aromatic rings. The molecular weight excluding hydrogens is 278 g/mol. The molecule has 0 aromatic carbocycles. The first kappa shape index (κ1) is 10.4. The molecule has 0 saturated carbocycles. The lowest BCUT2D eigenvalue weighted by atomic mass is 10.3. The van der Waals surface area contributed by atoms with Gasteiger partial charge in [0.25, 0.3) is 5.91 Å². The predicted octanol–water partition coefficient (Wildman–Crippen LogP) is 3.03. The van der Waals surface area contributed by atoms with E-state index in [1.54, 1.807) is 18.4 Å². The van der Waals surface area contributed by atoms with E-state index in [1.165, 1.54) is 11.3 Å². The average Bonchev–Trinajstić information content (AvgIpc) is 2.84. The molecule has 0 radical (unpaired) electrons. The number of thiophene rings is 1. The lowest BCUT2D eigenvalue weighted by Crippen LogP contribution is -2.21. The molecule has 0 spiro atoms. The van der Waals surface area contributed by atoms with Crippen LogP contribution < -0.4 is 5.32 Å². The summed E-state index contributed by atoms with van der Waals surface area (Å²) in [7, 11) is 0. The maximum absolute atomic E-state index is 11.6. The van der Waals surface area contributed by atoms with Gasteiger partial charge in [0.1, 0.15) is 5.76 Å². The third-order valence-electron chi connectivity index (χ3n) is 1.83. The highest BCUT2D eigenvalue weighted by Crippen LogP contribution is 2.20. The molecule has 2 heterocycles. The summed E-state index contributed by atoms with van der Waals surface area (Å²) < 4.78 is 6.05. The molecule has 2 aromatic heterocycles. The Bertz CT molecular complexity index is 450. The first-order chi connectivity index (χ1) is 7.25. The van der Waals surface area contributed by atoms with Gasteiger partial charge in [0.05, 0.1) is 22.2 Å². The number of amides is 1. The maximum atomic E-state index is 11.6. The number of hydrogen-bond acceptors (Lipinski definition) is 3. The van der Waals surface area contributed by atoms with Crippen LogP contribution in [-0.2, 0) is 6.54 Å². The quantitative estimate of drug-likeness (QED) is 0.942. The van der Waals surface area contributed by atoms with Crippen LogP contribution in [0.25, 0.3) is 0 Å². The molecule has 3 nitrogen and oxygen atoms in total. The van der Waals surface area contributed by atoms with Crippen molar-refractivity contribution >= 4 is 33.2 Å². The van der Waals surface area contributed by atoms with Crippen molar-refractivity contribution in [1.82, 2.24) is 5.32 Å². The highest BCUT2D eigenvalue weighted by atomic mass is 79.9. The average molecular weight is 286 g/mol. The second-order valence-corrected chi connectivity index (χ2v) is 5.19. The Morgan fingerprint density at radius 3 is 3.07 bits per heavy atom. The van der Waals surface area contributed by atoms with Crippen LogP contribution in [-0.4, -0.2) is 5.91 Å². The third kappa shape index (κ3) is 2.70. The largest absolute Gasteiger partial charge is 0.467 e. The Morgan fingerprint density at radius 1 is 1.60 bits per heavy atom. The molecule has 0 bridgehead atoms. The second kappa shape index (κ2) is 4.63. The molecule has 1 N–H and O–H groups in total. The van der Waals surface area contributed by atoms with Gasteiger partial charge in [0.2, 0.25) is 0 Å². The van der Waals surface area contributed by atoms with Gasteiger partial charge in [0, 0.05) is 5.38 Å². The summed E-state index contributed by atoms with van der Waals surface area (Å²) in [5.74, 6) is 0.658. The van der Waals surface area contributed by atoms with E-state index in [-0.39, 0.29) is 5.91 Å². The molecule has 5 heteroatoms. The number of hydrogen-bond donors (Lipinski definition) is 1. The Balaban J connectivity index is 1.93. The standard InChI is InChI=1S/C10H8BrNO2S/c11-9-4-7(6-15-9)10(13)12-5-8-2-1-3-14-8/h1-4,6H,5H2,(H,12,13). The summed E-state index contributed by atoms with van der Waals surface area (Å²) in [5, 5.41) is 4.57. The molecule has 0 saturated heterocycles. The molecule has 15 heavy (non-hydrogen) atoms. The van der Waals surface area contributed by atoms with E-state index in [0.717, 1.165) is 9.55 Å². The first-order valence-electron chi connectivity index (χ1n) is 4.30. The fraction of sp³-hybridized carbons (Fsp3) is 0.100. The summed E-state index contributed by atoms with van der Waals surface area (Å²) in [6.07, 6.45) is 1.59. The minimum Gasteiger partial charge on any atom is -0.467 e. The molecule has 0 aliphatic carbocycles. The lowest BCUT2D eigenvalue weighted by Gasteiger charge is -2.00. The van der Waals surface area contributed by atoms with Crippen molar-refractivity contribution in [1.29, 1.82) is 0 Å². The number of halogens is 1. The van der Waals surface area contributed by atoms with Gasteiger partial charge in [-0.25, -0.2) is 0 Å². The molecule has 78 valence electrons. The van der Waals surface area contributed by atoms with Crippen LogP contribution in [0.4, 0.5) is 0 Å². The Labute approximate surface area is 99.2 Å². The van der Waals surface area contributed by atoms with Gasteiger partial charge in [-0.2, -0.15) is 0 Å². The van der Waals surface area contributed by atoms with Gasteiger partial charge < -0.3 is 9.73 Å². The maximum Gasteiger partial charge on any atom is 0.252 e. The fourth-order valence-electron chi connectivity index (χ4n) is 1.11. The van der Waals surface area contributed by atoms with E-state index in [4.69, 9.17) is 4.42 Å². The van der Waals surface area contributed by atoms with Gasteiger partial charge in [-0.05, 0) is 34.1 Å². The smallest absolute Gasteiger partial charge is 0.252 e. The molecular formula is C10H8BrNO2S. The van der Waals surface area contributed by atoms with Crippen LogP contribution in [0.5, 0.6) is 0 Å². The summed E-state index contributed by atoms with van der Waals surface area (Å²) in [5.41, 5.74) is 0.665. The van der Waals surface area contributed by atoms with Crippen molar-refractivity contribution in [3.05, 3.63) is 45.0 Å².